The van der Waals surface area contributed by atoms with E-state index in [0.717, 1.165) is 41.3 Å². The van der Waals surface area contributed by atoms with E-state index in [-0.39, 0.29) is 17.1 Å². The first-order chi connectivity index (χ1) is 12.5. The summed E-state index contributed by atoms with van der Waals surface area (Å²) in [5.41, 5.74) is 0.0364. The molecule has 3 aromatic rings. The standard InChI is InChI=1S/C16H11F3N4OS2/c17-9-5-6-11(19)13(7-9)20-14(24)8-25-16-23-22-15(26-16)21-12-4-2-1-3-10(12)18/h1-7H,8H2,(H,20,24)(H,21,22). The van der Waals surface area contributed by atoms with Gasteiger partial charge in [-0.25, -0.2) is 13.2 Å². The molecule has 0 fully saturated rings. The maximum atomic E-state index is 13.6. The first kappa shape index (κ1) is 18.2. The van der Waals surface area contributed by atoms with Crippen molar-refractivity contribution < 1.29 is 18.0 Å². The molecule has 134 valence electrons. The van der Waals surface area contributed by atoms with Gasteiger partial charge in [-0.15, -0.1) is 10.2 Å². The van der Waals surface area contributed by atoms with Gasteiger partial charge in [0.05, 0.1) is 17.1 Å². The van der Waals surface area contributed by atoms with Gasteiger partial charge < -0.3 is 10.6 Å². The zero-order valence-electron chi connectivity index (χ0n) is 13.0. The van der Waals surface area contributed by atoms with Crippen molar-refractivity contribution in [1.29, 1.82) is 0 Å². The van der Waals surface area contributed by atoms with Crippen LogP contribution in [-0.4, -0.2) is 21.9 Å². The lowest BCUT2D eigenvalue weighted by Gasteiger charge is -2.05. The molecule has 1 amide bonds. The van der Waals surface area contributed by atoms with E-state index in [9.17, 15) is 18.0 Å². The number of anilines is 3. The third-order valence-corrected chi connectivity index (χ3v) is 5.02. The average Bonchev–Trinajstić information content (AvgIpc) is 3.06. The lowest BCUT2D eigenvalue weighted by Crippen LogP contribution is -2.15. The van der Waals surface area contributed by atoms with Crippen LogP contribution in [0.3, 0.4) is 0 Å². The van der Waals surface area contributed by atoms with Crippen LogP contribution < -0.4 is 10.6 Å². The Morgan fingerprint density at radius 3 is 2.62 bits per heavy atom. The van der Waals surface area contributed by atoms with Crippen LogP contribution in [0, 0.1) is 17.5 Å². The van der Waals surface area contributed by atoms with Crippen molar-refractivity contribution in [2.45, 2.75) is 4.34 Å². The third kappa shape index (κ3) is 4.73. The van der Waals surface area contributed by atoms with Crippen LogP contribution in [0.25, 0.3) is 0 Å². The van der Waals surface area contributed by atoms with Gasteiger partial charge in [0, 0.05) is 6.07 Å². The fourth-order valence-electron chi connectivity index (χ4n) is 1.90. The van der Waals surface area contributed by atoms with E-state index in [1.165, 1.54) is 6.07 Å². The number of thioether (sulfide) groups is 1. The van der Waals surface area contributed by atoms with Crippen molar-refractivity contribution in [3.05, 3.63) is 59.9 Å². The fourth-order valence-corrected chi connectivity index (χ4v) is 3.47. The minimum atomic E-state index is -0.725. The van der Waals surface area contributed by atoms with Gasteiger partial charge in [0.25, 0.3) is 0 Å². The van der Waals surface area contributed by atoms with Gasteiger partial charge in [-0.2, -0.15) is 0 Å². The van der Waals surface area contributed by atoms with Crippen molar-refractivity contribution in [3.63, 3.8) is 0 Å². The number of halogens is 3. The molecule has 26 heavy (non-hydrogen) atoms. The van der Waals surface area contributed by atoms with Crippen molar-refractivity contribution >= 4 is 45.5 Å². The van der Waals surface area contributed by atoms with E-state index in [2.05, 4.69) is 20.8 Å². The summed E-state index contributed by atoms with van der Waals surface area (Å²) in [5.74, 6) is -2.38. The van der Waals surface area contributed by atoms with Crippen LogP contribution in [0.2, 0.25) is 0 Å². The van der Waals surface area contributed by atoms with Crippen molar-refractivity contribution in [2.24, 2.45) is 0 Å². The highest BCUT2D eigenvalue weighted by Gasteiger charge is 2.12. The van der Waals surface area contributed by atoms with Gasteiger partial charge in [0.15, 0.2) is 4.34 Å². The number of hydrogen-bond acceptors (Lipinski definition) is 6. The minimum Gasteiger partial charge on any atom is -0.328 e. The molecule has 5 nitrogen and oxygen atoms in total. The summed E-state index contributed by atoms with van der Waals surface area (Å²) in [6.07, 6.45) is 0. The monoisotopic (exact) mass is 396 g/mol. The Morgan fingerprint density at radius 1 is 1.04 bits per heavy atom. The largest absolute Gasteiger partial charge is 0.328 e. The van der Waals surface area contributed by atoms with Crippen molar-refractivity contribution in [1.82, 2.24) is 10.2 Å². The third-order valence-electron chi connectivity index (χ3n) is 3.05. The molecule has 3 rings (SSSR count). The highest BCUT2D eigenvalue weighted by atomic mass is 32.2. The molecule has 0 radical (unpaired) electrons. The Kier molecular flexibility index (Phi) is 5.74. The molecule has 0 aliphatic heterocycles. The smallest absolute Gasteiger partial charge is 0.234 e. The molecule has 10 heteroatoms. The summed E-state index contributed by atoms with van der Waals surface area (Å²) in [6, 6.07) is 8.92. The van der Waals surface area contributed by atoms with Gasteiger partial charge in [-0.05, 0) is 24.3 Å². The summed E-state index contributed by atoms with van der Waals surface area (Å²) in [6.45, 7) is 0. The van der Waals surface area contributed by atoms with E-state index in [0.29, 0.717) is 9.47 Å². The normalized spacial score (nSPS) is 10.6. The number of aromatic nitrogens is 2. The molecular weight excluding hydrogens is 385 g/mol. The van der Waals surface area contributed by atoms with Gasteiger partial charge >= 0.3 is 0 Å². The Morgan fingerprint density at radius 2 is 1.81 bits per heavy atom. The fraction of sp³-hybridized carbons (Fsp3) is 0.0625. The molecule has 0 saturated heterocycles. The van der Waals surface area contributed by atoms with E-state index in [1.807, 2.05) is 0 Å². The van der Waals surface area contributed by atoms with E-state index in [1.54, 1.807) is 18.2 Å². The van der Waals surface area contributed by atoms with Crippen LogP contribution in [-0.2, 0) is 4.79 Å². The van der Waals surface area contributed by atoms with Gasteiger partial charge in [0.2, 0.25) is 11.0 Å². The van der Waals surface area contributed by atoms with E-state index < -0.39 is 23.4 Å². The number of carbonyl (C=O) groups excluding carboxylic acids is 1. The maximum absolute atomic E-state index is 13.6. The molecule has 1 aromatic heterocycles. The Bertz CT molecular complexity index is 935. The Balaban J connectivity index is 1.55. The second-order valence-corrected chi connectivity index (χ2v) is 7.14. The predicted molar refractivity (Wildman–Crippen MR) is 95.3 cm³/mol. The van der Waals surface area contributed by atoms with Crippen LogP contribution in [0.15, 0.2) is 46.8 Å². The summed E-state index contributed by atoms with van der Waals surface area (Å²) in [5, 5.41) is 13.2. The summed E-state index contributed by atoms with van der Waals surface area (Å²) >= 11 is 2.22. The average molecular weight is 396 g/mol. The molecule has 0 unspecified atom stereocenters. The Labute approximate surface area is 154 Å². The highest BCUT2D eigenvalue weighted by molar-refractivity contribution is 8.01. The van der Waals surface area contributed by atoms with Crippen molar-refractivity contribution in [3.8, 4) is 0 Å². The molecular formula is C16H11F3N4OS2. The van der Waals surface area contributed by atoms with E-state index >= 15 is 0 Å². The zero-order valence-corrected chi connectivity index (χ0v) is 14.6. The summed E-state index contributed by atoms with van der Waals surface area (Å²) in [7, 11) is 0. The highest BCUT2D eigenvalue weighted by Crippen LogP contribution is 2.28. The number of para-hydroxylation sites is 1. The molecule has 0 aliphatic rings. The lowest BCUT2D eigenvalue weighted by atomic mass is 10.3. The maximum Gasteiger partial charge on any atom is 0.234 e. The molecule has 2 aromatic carbocycles. The number of carbonyl (C=O) groups is 1. The van der Waals surface area contributed by atoms with Crippen LogP contribution in [0.4, 0.5) is 29.7 Å². The first-order valence-corrected chi connectivity index (χ1v) is 9.04. The minimum absolute atomic E-state index is 0.0652. The number of hydrogen-bond donors (Lipinski definition) is 2. The summed E-state index contributed by atoms with van der Waals surface area (Å²) in [4.78, 5) is 11.9. The van der Waals surface area contributed by atoms with Gasteiger partial charge in [-0.1, -0.05) is 35.2 Å². The Hall–Kier alpha value is -2.59. The second kappa shape index (κ2) is 8.19. The number of rotatable bonds is 6. The molecule has 0 spiro atoms. The molecule has 0 aliphatic carbocycles. The quantitative estimate of drug-likeness (QED) is 0.604. The molecule has 2 N–H and O–H groups in total. The van der Waals surface area contributed by atoms with Crippen molar-refractivity contribution in [2.75, 3.05) is 16.4 Å². The van der Waals surface area contributed by atoms with Gasteiger partial charge in [0.1, 0.15) is 17.5 Å². The number of nitrogens with one attached hydrogen (secondary N) is 2. The van der Waals surface area contributed by atoms with E-state index in [4.69, 9.17) is 0 Å². The molecule has 0 saturated carbocycles. The second-order valence-electron chi connectivity index (χ2n) is 4.94. The van der Waals surface area contributed by atoms with Crippen LogP contribution in [0.5, 0.6) is 0 Å². The zero-order chi connectivity index (χ0) is 18.5. The van der Waals surface area contributed by atoms with Gasteiger partial charge in [-0.3, -0.25) is 4.79 Å². The number of nitrogens with zero attached hydrogens (tertiary/aromatic N) is 2. The number of amides is 1. The summed E-state index contributed by atoms with van der Waals surface area (Å²) < 4.78 is 40.6. The number of benzene rings is 2. The van der Waals surface area contributed by atoms with Crippen LogP contribution >= 0.6 is 23.1 Å². The molecule has 1 heterocycles. The molecule has 0 bridgehead atoms. The van der Waals surface area contributed by atoms with Crippen LogP contribution in [0.1, 0.15) is 0 Å². The first-order valence-electron chi connectivity index (χ1n) is 7.24. The lowest BCUT2D eigenvalue weighted by molar-refractivity contribution is -0.113. The predicted octanol–water partition coefficient (Wildman–Crippen LogP) is 4.43. The molecule has 0 atom stereocenters. The SMILES string of the molecule is O=C(CSc1nnc(Nc2ccccc2F)s1)Nc1cc(F)ccc1F. The topological polar surface area (TPSA) is 66.9 Å².